The molecule has 0 aromatic carbocycles. The summed E-state index contributed by atoms with van der Waals surface area (Å²) in [4.78, 5) is 18.3. The van der Waals surface area contributed by atoms with Crippen molar-refractivity contribution in [1.29, 1.82) is 0 Å². The lowest BCUT2D eigenvalue weighted by molar-refractivity contribution is -0.150. The first-order chi connectivity index (χ1) is 9.03. The van der Waals surface area contributed by atoms with Gasteiger partial charge in [0.1, 0.15) is 5.82 Å². The molecular weight excluding hydrogens is 262 g/mol. The fourth-order valence-corrected chi connectivity index (χ4v) is 3.52. The fourth-order valence-electron chi connectivity index (χ4n) is 2.75. The lowest BCUT2D eigenvalue weighted by Crippen LogP contribution is -2.39. The lowest BCUT2D eigenvalue weighted by atomic mass is 9.76. The van der Waals surface area contributed by atoms with Crippen LogP contribution < -0.4 is 4.90 Å². The number of nitrogens with zero attached hydrogens (tertiary/aromatic N) is 3. The van der Waals surface area contributed by atoms with Gasteiger partial charge >= 0.3 is 5.97 Å². The maximum atomic E-state index is 11.6. The summed E-state index contributed by atoms with van der Waals surface area (Å²) >= 11 is 1.41. The molecule has 2 aliphatic rings. The molecule has 1 aliphatic carbocycles. The van der Waals surface area contributed by atoms with E-state index in [-0.39, 0.29) is 5.92 Å². The van der Waals surface area contributed by atoms with Crippen LogP contribution in [0, 0.1) is 11.3 Å². The minimum absolute atomic E-state index is 0.130. The van der Waals surface area contributed by atoms with Gasteiger partial charge in [0.2, 0.25) is 5.13 Å². The summed E-state index contributed by atoms with van der Waals surface area (Å²) in [5.74, 6) is 0.960. The maximum absolute atomic E-state index is 11.6. The van der Waals surface area contributed by atoms with E-state index in [2.05, 4.69) is 14.3 Å². The number of aliphatic carboxylic acids is 1. The van der Waals surface area contributed by atoms with E-state index >= 15 is 0 Å². The van der Waals surface area contributed by atoms with Crippen LogP contribution in [0.4, 0.5) is 5.13 Å². The summed E-state index contributed by atoms with van der Waals surface area (Å²) in [5, 5.41) is 10.4. The van der Waals surface area contributed by atoms with Gasteiger partial charge in [-0.15, -0.1) is 0 Å². The molecule has 6 heteroatoms. The van der Waals surface area contributed by atoms with Gasteiger partial charge in [-0.1, -0.05) is 13.8 Å². The Bertz CT molecular complexity index is 498. The number of aromatic nitrogens is 2. The van der Waals surface area contributed by atoms with Crippen molar-refractivity contribution in [2.24, 2.45) is 11.3 Å². The highest BCUT2D eigenvalue weighted by atomic mass is 32.1. The molecule has 3 rings (SSSR count). The molecule has 1 aromatic heterocycles. The molecular formula is C13H19N3O2S. The second-order valence-electron chi connectivity index (χ2n) is 6.00. The van der Waals surface area contributed by atoms with Crippen LogP contribution in [0.2, 0.25) is 0 Å². The van der Waals surface area contributed by atoms with Crippen LogP contribution in [0.1, 0.15) is 44.9 Å². The predicted molar refractivity (Wildman–Crippen MR) is 73.6 cm³/mol. The van der Waals surface area contributed by atoms with Crippen molar-refractivity contribution in [3.63, 3.8) is 0 Å². The summed E-state index contributed by atoms with van der Waals surface area (Å²) in [5.41, 5.74) is -0.634. The van der Waals surface area contributed by atoms with Gasteiger partial charge in [-0.2, -0.15) is 4.37 Å². The summed E-state index contributed by atoms with van der Waals surface area (Å²) in [7, 11) is 0. The van der Waals surface area contributed by atoms with Crippen LogP contribution in [0.15, 0.2) is 0 Å². The normalized spacial score (nSPS) is 27.2. The van der Waals surface area contributed by atoms with Crippen molar-refractivity contribution >= 4 is 22.6 Å². The topological polar surface area (TPSA) is 66.3 Å². The Morgan fingerprint density at radius 2 is 2.26 bits per heavy atom. The molecule has 1 unspecified atom stereocenters. The highest BCUT2D eigenvalue weighted by Crippen LogP contribution is 2.43. The third-order valence-corrected chi connectivity index (χ3v) is 5.27. The zero-order valence-electron chi connectivity index (χ0n) is 11.3. The van der Waals surface area contributed by atoms with Crippen molar-refractivity contribution in [1.82, 2.24) is 9.36 Å². The molecule has 19 heavy (non-hydrogen) atoms. The molecule has 0 bridgehead atoms. The average molecular weight is 281 g/mol. The fraction of sp³-hybridized carbons (Fsp3) is 0.769. The average Bonchev–Trinajstić information content (AvgIpc) is 2.94. The lowest BCUT2D eigenvalue weighted by Gasteiger charge is -2.28. The van der Waals surface area contributed by atoms with Crippen molar-refractivity contribution in [3.8, 4) is 0 Å². The van der Waals surface area contributed by atoms with Gasteiger partial charge in [0.25, 0.3) is 0 Å². The van der Waals surface area contributed by atoms with Gasteiger partial charge in [0, 0.05) is 30.5 Å². The molecule has 1 aromatic rings. The first kappa shape index (κ1) is 12.8. The summed E-state index contributed by atoms with van der Waals surface area (Å²) < 4.78 is 4.40. The number of carbonyl (C=O) groups is 1. The standard InChI is InChI=1S/C13H19N3O2S/c1-8(2)13(11(17)18)5-6-16(7-13)12-14-10(15-19-12)9-3-4-9/h8-9H,3-7H2,1-2H3,(H,17,18). The number of rotatable bonds is 4. The predicted octanol–water partition coefficient (Wildman–Crippen LogP) is 2.35. The van der Waals surface area contributed by atoms with Crippen LogP contribution in [0.25, 0.3) is 0 Å². The molecule has 1 saturated heterocycles. The van der Waals surface area contributed by atoms with Crippen LogP contribution in [-0.4, -0.2) is 33.5 Å². The summed E-state index contributed by atoms with van der Waals surface area (Å²) in [6, 6.07) is 0. The Hall–Kier alpha value is -1.17. The zero-order chi connectivity index (χ0) is 13.6. The van der Waals surface area contributed by atoms with Crippen LogP contribution in [0.3, 0.4) is 0 Å². The third-order valence-electron chi connectivity index (χ3n) is 4.48. The Morgan fingerprint density at radius 1 is 1.53 bits per heavy atom. The number of carboxylic acid groups (broad SMARTS) is 1. The minimum Gasteiger partial charge on any atom is -0.481 e. The van der Waals surface area contributed by atoms with Crippen molar-refractivity contribution < 1.29 is 9.90 Å². The second kappa shape index (κ2) is 4.44. The van der Waals surface area contributed by atoms with Crippen molar-refractivity contribution in [3.05, 3.63) is 5.82 Å². The smallest absolute Gasteiger partial charge is 0.311 e. The molecule has 0 radical (unpaired) electrons. The highest BCUT2D eigenvalue weighted by Gasteiger charge is 2.48. The molecule has 5 nitrogen and oxygen atoms in total. The second-order valence-corrected chi connectivity index (χ2v) is 6.73. The summed E-state index contributed by atoms with van der Waals surface area (Å²) in [6.45, 7) is 5.31. The molecule has 2 fully saturated rings. The van der Waals surface area contributed by atoms with Crippen LogP contribution in [0.5, 0.6) is 0 Å². The van der Waals surface area contributed by atoms with E-state index in [4.69, 9.17) is 0 Å². The van der Waals surface area contributed by atoms with Crippen LogP contribution in [-0.2, 0) is 4.79 Å². The van der Waals surface area contributed by atoms with Gasteiger partial charge in [-0.3, -0.25) is 4.79 Å². The quantitative estimate of drug-likeness (QED) is 0.917. The zero-order valence-corrected chi connectivity index (χ0v) is 12.1. The summed E-state index contributed by atoms with van der Waals surface area (Å²) in [6.07, 6.45) is 3.08. The van der Waals surface area contributed by atoms with E-state index in [9.17, 15) is 9.90 Å². The molecule has 104 valence electrons. The van der Waals surface area contributed by atoms with E-state index in [1.165, 1.54) is 24.4 Å². The van der Waals surface area contributed by atoms with E-state index in [1.807, 2.05) is 13.8 Å². The Kier molecular flexibility index (Phi) is 3.00. The monoisotopic (exact) mass is 281 g/mol. The van der Waals surface area contributed by atoms with Crippen LogP contribution >= 0.6 is 11.5 Å². The van der Waals surface area contributed by atoms with Crippen molar-refractivity contribution in [2.45, 2.75) is 39.0 Å². The highest BCUT2D eigenvalue weighted by molar-refractivity contribution is 7.09. The Balaban J connectivity index is 1.78. The maximum Gasteiger partial charge on any atom is 0.311 e. The van der Waals surface area contributed by atoms with Crippen molar-refractivity contribution in [2.75, 3.05) is 18.0 Å². The Labute approximate surface area is 116 Å². The molecule has 1 atom stereocenters. The molecule has 0 amide bonds. The minimum atomic E-state index is -0.683. The molecule has 1 N–H and O–H groups in total. The van der Waals surface area contributed by atoms with Gasteiger partial charge < -0.3 is 10.0 Å². The van der Waals surface area contributed by atoms with E-state index in [1.54, 1.807) is 0 Å². The largest absolute Gasteiger partial charge is 0.481 e. The molecule has 2 heterocycles. The number of anilines is 1. The number of carboxylic acids is 1. The molecule has 0 spiro atoms. The van der Waals surface area contributed by atoms with E-state index < -0.39 is 11.4 Å². The van der Waals surface area contributed by atoms with E-state index in [0.29, 0.717) is 18.9 Å². The number of hydrogen-bond donors (Lipinski definition) is 1. The third kappa shape index (κ3) is 2.12. The SMILES string of the molecule is CC(C)C1(C(=O)O)CCN(c2nc(C3CC3)ns2)C1. The van der Waals surface area contributed by atoms with E-state index in [0.717, 1.165) is 17.5 Å². The van der Waals surface area contributed by atoms with Gasteiger partial charge in [0.05, 0.1) is 5.41 Å². The Morgan fingerprint density at radius 3 is 2.79 bits per heavy atom. The first-order valence-corrected chi connectivity index (χ1v) is 7.62. The van der Waals surface area contributed by atoms with Gasteiger partial charge in [0.15, 0.2) is 0 Å². The first-order valence-electron chi connectivity index (χ1n) is 6.85. The number of hydrogen-bond acceptors (Lipinski definition) is 5. The van der Waals surface area contributed by atoms with Gasteiger partial charge in [-0.25, -0.2) is 4.98 Å². The molecule has 1 aliphatic heterocycles. The molecule has 1 saturated carbocycles. The van der Waals surface area contributed by atoms with Gasteiger partial charge in [-0.05, 0) is 25.2 Å².